The number of carbonyl (C=O) groups excluding carboxylic acids is 1. The van der Waals surface area contributed by atoms with E-state index in [-0.39, 0.29) is 36.4 Å². The van der Waals surface area contributed by atoms with Crippen LogP contribution in [0.3, 0.4) is 0 Å². The van der Waals surface area contributed by atoms with Gasteiger partial charge in [-0.05, 0) is 23.8 Å². The van der Waals surface area contributed by atoms with E-state index in [1.54, 1.807) is 29.2 Å². The van der Waals surface area contributed by atoms with E-state index < -0.39 is 10.0 Å². The van der Waals surface area contributed by atoms with Crippen LogP contribution in [0.2, 0.25) is 5.02 Å². The molecule has 1 aliphatic heterocycles. The highest BCUT2D eigenvalue weighted by atomic mass is 35.5. The van der Waals surface area contributed by atoms with Gasteiger partial charge >= 0.3 is 0 Å². The Bertz CT molecular complexity index is 1010. The van der Waals surface area contributed by atoms with Crippen molar-refractivity contribution < 1.29 is 17.9 Å². The zero-order valence-electron chi connectivity index (χ0n) is 15.6. The molecule has 2 aromatic carbocycles. The third-order valence-electron chi connectivity index (χ3n) is 4.59. The number of hydrogen-bond donors (Lipinski definition) is 0. The number of ether oxygens (including phenoxy) is 1. The van der Waals surface area contributed by atoms with E-state index in [2.05, 4.69) is 0 Å². The molecule has 0 saturated carbocycles. The van der Waals surface area contributed by atoms with E-state index in [4.69, 9.17) is 21.6 Å². The van der Waals surface area contributed by atoms with Gasteiger partial charge in [0.05, 0.1) is 22.4 Å². The van der Waals surface area contributed by atoms with Crippen LogP contribution in [0.1, 0.15) is 11.1 Å². The second-order valence-electron chi connectivity index (χ2n) is 6.57. The second-order valence-corrected chi connectivity index (χ2v) is 8.94. The topological polar surface area (TPSA) is 90.7 Å². The van der Waals surface area contributed by atoms with Crippen LogP contribution in [0, 0.1) is 11.3 Å². The minimum Gasteiger partial charge on any atom is -0.482 e. The first-order valence-electron chi connectivity index (χ1n) is 9.01. The first-order chi connectivity index (χ1) is 13.9. The van der Waals surface area contributed by atoms with Crippen molar-refractivity contribution in [2.45, 2.75) is 5.75 Å². The molecule has 152 valence electrons. The number of rotatable bonds is 6. The maximum absolute atomic E-state index is 12.6. The van der Waals surface area contributed by atoms with Gasteiger partial charge in [-0.1, -0.05) is 41.9 Å². The number of amides is 1. The number of hydrogen-bond acceptors (Lipinski definition) is 5. The Morgan fingerprint density at radius 2 is 1.79 bits per heavy atom. The number of carbonyl (C=O) groups is 1. The lowest BCUT2D eigenvalue weighted by Crippen LogP contribution is -2.51. The van der Waals surface area contributed by atoms with Gasteiger partial charge in [-0.2, -0.15) is 9.57 Å². The van der Waals surface area contributed by atoms with E-state index in [1.807, 2.05) is 24.3 Å². The molecule has 2 aromatic rings. The van der Waals surface area contributed by atoms with Gasteiger partial charge < -0.3 is 9.64 Å². The molecule has 0 N–H and O–H groups in total. The highest BCUT2D eigenvalue weighted by Gasteiger charge is 2.29. The van der Waals surface area contributed by atoms with Gasteiger partial charge in [0.25, 0.3) is 5.91 Å². The summed E-state index contributed by atoms with van der Waals surface area (Å²) in [5.41, 5.74) is 1.14. The van der Waals surface area contributed by atoms with Crippen LogP contribution < -0.4 is 4.74 Å². The minimum absolute atomic E-state index is 0.0535. The average Bonchev–Trinajstić information content (AvgIpc) is 2.73. The van der Waals surface area contributed by atoms with Gasteiger partial charge in [0.1, 0.15) is 5.75 Å². The molecule has 0 radical (unpaired) electrons. The Morgan fingerprint density at radius 3 is 2.41 bits per heavy atom. The van der Waals surface area contributed by atoms with E-state index >= 15 is 0 Å². The van der Waals surface area contributed by atoms with E-state index in [0.717, 1.165) is 5.56 Å². The van der Waals surface area contributed by atoms with Crippen molar-refractivity contribution in [3.05, 3.63) is 64.7 Å². The van der Waals surface area contributed by atoms with Crippen molar-refractivity contribution in [3.8, 4) is 11.8 Å². The van der Waals surface area contributed by atoms with Crippen LogP contribution in [0.5, 0.6) is 5.75 Å². The normalized spacial score (nSPS) is 15.0. The molecule has 0 spiro atoms. The van der Waals surface area contributed by atoms with Gasteiger partial charge in [0, 0.05) is 26.2 Å². The highest BCUT2D eigenvalue weighted by Crippen LogP contribution is 2.25. The number of piperazine rings is 1. The van der Waals surface area contributed by atoms with E-state index in [9.17, 15) is 13.2 Å². The van der Waals surface area contributed by atoms with Crippen molar-refractivity contribution in [3.63, 3.8) is 0 Å². The van der Waals surface area contributed by atoms with E-state index in [1.165, 1.54) is 10.4 Å². The fourth-order valence-corrected chi connectivity index (χ4v) is 4.76. The van der Waals surface area contributed by atoms with Gasteiger partial charge in [0.15, 0.2) is 6.61 Å². The Kier molecular flexibility index (Phi) is 6.75. The molecule has 3 rings (SSSR count). The molecular formula is C20H20ClN3O4S. The predicted molar refractivity (Wildman–Crippen MR) is 109 cm³/mol. The fraction of sp³-hybridized carbons (Fsp3) is 0.300. The lowest BCUT2D eigenvalue weighted by molar-refractivity contribution is -0.134. The van der Waals surface area contributed by atoms with Crippen LogP contribution in [0.15, 0.2) is 48.5 Å². The first kappa shape index (κ1) is 21.1. The first-order valence-corrected chi connectivity index (χ1v) is 11.0. The second kappa shape index (κ2) is 9.27. The molecular weight excluding hydrogens is 414 g/mol. The lowest BCUT2D eigenvalue weighted by atomic mass is 10.2. The molecule has 29 heavy (non-hydrogen) atoms. The van der Waals surface area contributed by atoms with Crippen molar-refractivity contribution in [2.24, 2.45) is 0 Å². The van der Waals surface area contributed by atoms with Crippen LogP contribution >= 0.6 is 11.6 Å². The smallest absolute Gasteiger partial charge is 0.260 e. The molecule has 0 aromatic heterocycles. The maximum atomic E-state index is 12.6. The molecule has 1 saturated heterocycles. The number of nitrogens with zero attached hydrogens (tertiary/aromatic N) is 3. The molecule has 0 bridgehead atoms. The summed E-state index contributed by atoms with van der Waals surface area (Å²) < 4.78 is 32.1. The summed E-state index contributed by atoms with van der Waals surface area (Å²) in [6.07, 6.45) is 0. The fourth-order valence-electron chi connectivity index (χ4n) is 3.01. The largest absolute Gasteiger partial charge is 0.482 e. The number of sulfonamides is 1. The number of nitriles is 1. The molecule has 0 aliphatic carbocycles. The van der Waals surface area contributed by atoms with Crippen molar-refractivity contribution in [2.75, 3.05) is 32.8 Å². The number of halogens is 1. The van der Waals surface area contributed by atoms with Gasteiger partial charge in [-0.15, -0.1) is 0 Å². The third-order valence-corrected chi connectivity index (χ3v) is 6.73. The summed E-state index contributed by atoms with van der Waals surface area (Å²) in [7, 11) is -3.43. The Morgan fingerprint density at radius 1 is 1.10 bits per heavy atom. The monoisotopic (exact) mass is 433 g/mol. The zero-order chi connectivity index (χ0) is 20.9. The standard InChI is InChI=1S/C20H20ClN3O4S/c21-18-12-17(13-22)6-7-19(18)28-14-20(25)23-8-10-24(11-9-23)29(26,27)15-16-4-2-1-3-5-16/h1-7,12H,8-11,14-15H2. The van der Waals surface area contributed by atoms with Crippen LogP contribution in [-0.2, 0) is 20.6 Å². The van der Waals surface area contributed by atoms with Gasteiger partial charge in [0.2, 0.25) is 10.0 Å². The van der Waals surface area contributed by atoms with Gasteiger partial charge in [-0.3, -0.25) is 4.79 Å². The average molecular weight is 434 g/mol. The Balaban J connectivity index is 1.51. The summed E-state index contributed by atoms with van der Waals surface area (Å²) in [5, 5.41) is 9.10. The summed E-state index contributed by atoms with van der Waals surface area (Å²) in [6, 6.07) is 15.6. The highest BCUT2D eigenvalue weighted by molar-refractivity contribution is 7.88. The van der Waals surface area contributed by atoms with Crippen LogP contribution in [0.25, 0.3) is 0 Å². The quantitative estimate of drug-likeness (QED) is 0.696. The SMILES string of the molecule is N#Cc1ccc(OCC(=O)N2CCN(S(=O)(=O)Cc3ccccc3)CC2)c(Cl)c1. The van der Waals surface area contributed by atoms with E-state index in [0.29, 0.717) is 24.4 Å². The van der Waals surface area contributed by atoms with Gasteiger partial charge in [-0.25, -0.2) is 8.42 Å². The zero-order valence-corrected chi connectivity index (χ0v) is 17.2. The lowest BCUT2D eigenvalue weighted by Gasteiger charge is -2.34. The predicted octanol–water partition coefficient (Wildman–Crippen LogP) is 2.26. The molecule has 0 unspecified atom stereocenters. The van der Waals surface area contributed by atoms with Crippen molar-refractivity contribution >= 4 is 27.5 Å². The molecule has 1 aliphatic rings. The minimum atomic E-state index is -3.43. The number of benzene rings is 2. The molecule has 1 fully saturated rings. The third kappa shape index (κ3) is 5.48. The summed E-state index contributed by atoms with van der Waals surface area (Å²) >= 11 is 6.04. The summed E-state index contributed by atoms with van der Waals surface area (Å²) in [6.45, 7) is 0.897. The summed E-state index contributed by atoms with van der Waals surface area (Å²) in [4.78, 5) is 14.0. The maximum Gasteiger partial charge on any atom is 0.260 e. The molecule has 1 amide bonds. The molecule has 1 heterocycles. The molecule has 0 atom stereocenters. The molecule has 9 heteroatoms. The molecule has 7 nitrogen and oxygen atoms in total. The van der Waals surface area contributed by atoms with Crippen molar-refractivity contribution in [1.29, 1.82) is 5.26 Å². The Hall–Kier alpha value is -2.60. The van der Waals surface area contributed by atoms with Crippen LogP contribution in [0.4, 0.5) is 0 Å². The van der Waals surface area contributed by atoms with Crippen LogP contribution in [-0.4, -0.2) is 56.3 Å². The summed E-state index contributed by atoms with van der Waals surface area (Å²) in [5.74, 6) is 0.0239. The van der Waals surface area contributed by atoms with Crippen molar-refractivity contribution in [1.82, 2.24) is 9.21 Å². The Labute approximate surface area is 175 Å².